The molecule has 0 aliphatic carbocycles. The summed E-state index contributed by atoms with van der Waals surface area (Å²) in [6.07, 6.45) is 4.11. The molecular weight excluding hydrogens is 308 g/mol. The summed E-state index contributed by atoms with van der Waals surface area (Å²) < 4.78 is 10.3. The average Bonchev–Trinajstić information content (AvgIpc) is 2.58. The Bertz CT molecular complexity index is 600. The van der Waals surface area contributed by atoms with Gasteiger partial charge in [-0.15, -0.1) is 0 Å². The first-order chi connectivity index (χ1) is 11.7. The first-order valence-corrected chi connectivity index (χ1v) is 8.23. The minimum Gasteiger partial charge on any atom is -0.496 e. The van der Waals surface area contributed by atoms with Crippen LogP contribution < -0.4 is 15.0 Å². The molecule has 6 nitrogen and oxygen atoms in total. The molecule has 1 aliphatic rings. The Morgan fingerprint density at radius 1 is 1.42 bits per heavy atom. The van der Waals surface area contributed by atoms with Gasteiger partial charge >= 0.3 is 5.97 Å². The number of quaternary nitrogens is 1. The third-order valence-electron chi connectivity index (χ3n) is 4.05. The summed E-state index contributed by atoms with van der Waals surface area (Å²) in [7, 11) is 1.64. The number of esters is 1. The van der Waals surface area contributed by atoms with Crippen LogP contribution in [0.25, 0.3) is 6.08 Å². The fourth-order valence-electron chi connectivity index (χ4n) is 2.84. The summed E-state index contributed by atoms with van der Waals surface area (Å²) in [4.78, 5) is 24.9. The Kier molecular flexibility index (Phi) is 6.81. The molecule has 1 saturated heterocycles. The zero-order chi connectivity index (χ0) is 17.4. The summed E-state index contributed by atoms with van der Waals surface area (Å²) in [5, 5.41) is 2.82. The number of rotatable bonds is 7. The highest BCUT2D eigenvalue weighted by Crippen LogP contribution is 2.18. The van der Waals surface area contributed by atoms with Crippen LogP contribution in [0.4, 0.5) is 0 Å². The van der Waals surface area contributed by atoms with Crippen molar-refractivity contribution in [1.82, 2.24) is 5.32 Å². The van der Waals surface area contributed by atoms with Crippen LogP contribution >= 0.6 is 0 Å². The summed E-state index contributed by atoms with van der Waals surface area (Å²) in [6.45, 7) is 4.16. The van der Waals surface area contributed by atoms with Crippen LogP contribution in [-0.4, -0.2) is 51.3 Å². The van der Waals surface area contributed by atoms with Crippen LogP contribution in [0.15, 0.2) is 30.3 Å². The largest absolute Gasteiger partial charge is 0.496 e. The molecular formula is C18H25N2O4+. The molecule has 1 heterocycles. The molecule has 0 radical (unpaired) electrons. The fraction of sp³-hybridized carbons (Fsp3) is 0.444. The van der Waals surface area contributed by atoms with Crippen molar-refractivity contribution in [2.75, 3.05) is 33.4 Å². The molecule has 0 bridgehead atoms. The summed E-state index contributed by atoms with van der Waals surface area (Å²) in [5.41, 5.74) is 0.989. The number of carbonyl (C=O) groups is 2. The number of benzene rings is 1. The fourth-order valence-corrected chi connectivity index (χ4v) is 2.84. The maximum Gasteiger partial charge on any atom is 0.312 e. The molecule has 24 heavy (non-hydrogen) atoms. The zero-order valence-corrected chi connectivity index (χ0v) is 14.2. The second kappa shape index (κ2) is 9.08. The molecule has 2 atom stereocenters. The number of amides is 1. The number of carbonyl (C=O) groups excluding carboxylic acids is 2. The lowest BCUT2D eigenvalue weighted by Gasteiger charge is -2.30. The predicted molar refractivity (Wildman–Crippen MR) is 90.8 cm³/mol. The van der Waals surface area contributed by atoms with Crippen molar-refractivity contribution < 1.29 is 24.0 Å². The maximum atomic E-state index is 12.1. The van der Waals surface area contributed by atoms with Gasteiger partial charge in [-0.3, -0.25) is 9.59 Å². The van der Waals surface area contributed by atoms with Crippen molar-refractivity contribution in [1.29, 1.82) is 0 Å². The molecule has 1 aromatic rings. The van der Waals surface area contributed by atoms with Crippen molar-refractivity contribution in [2.24, 2.45) is 0 Å². The molecule has 2 rings (SSSR count). The first kappa shape index (κ1) is 18.0. The van der Waals surface area contributed by atoms with Crippen molar-refractivity contribution in [3.05, 3.63) is 35.9 Å². The number of methoxy groups -OCH3 is 1. The summed E-state index contributed by atoms with van der Waals surface area (Å²) in [6, 6.07) is 7.35. The van der Waals surface area contributed by atoms with Crippen LogP contribution in [0.3, 0.4) is 0 Å². The van der Waals surface area contributed by atoms with Crippen LogP contribution in [0.2, 0.25) is 0 Å². The van der Waals surface area contributed by atoms with E-state index in [2.05, 4.69) is 5.32 Å². The van der Waals surface area contributed by atoms with Crippen LogP contribution in [-0.2, 0) is 14.3 Å². The summed E-state index contributed by atoms with van der Waals surface area (Å²) >= 11 is 0. The standard InChI is InChI=1S/C18H24N2O4/c1-3-24-17(21)13-15-18(22)19-10-12-20(15)11-6-8-14-7-4-5-9-16(14)23-2/h4-9,15H,3,10-13H2,1-2H3,(H,19,22)/p+1/b8-6-/t15-/m0/s1. The van der Waals surface area contributed by atoms with Crippen LogP contribution in [0.1, 0.15) is 18.9 Å². The van der Waals surface area contributed by atoms with E-state index < -0.39 is 6.04 Å². The van der Waals surface area contributed by atoms with E-state index in [0.29, 0.717) is 19.7 Å². The van der Waals surface area contributed by atoms with Gasteiger partial charge in [0, 0.05) is 5.56 Å². The molecule has 1 fully saturated rings. The van der Waals surface area contributed by atoms with E-state index in [1.54, 1.807) is 14.0 Å². The lowest BCUT2D eigenvalue weighted by atomic mass is 10.1. The van der Waals surface area contributed by atoms with Crippen LogP contribution in [0, 0.1) is 0 Å². The highest BCUT2D eigenvalue weighted by atomic mass is 16.5. The Balaban J connectivity index is 2.01. The Labute approximate surface area is 142 Å². The van der Waals surface area contributed by atoms with Gasteiger partial charge in [-0.05, 0) is 25.1 Å². The minimum absolute atomic E-state index is 0.0880. The predicted octanol–water partition coefficient (Wildman–Crippen LogP) is 0.0449. The molecule has 130 valence electrons. The number of piperazine rings is 1. The molecule has 1 aromatic carbocycles. The molecule has 2 N–H and O–H groups in total. The molecule has 6 heteroatoms. The van der Waals surface area contributed by atoms with E-state index in [0.717, 1.165) is 22.8 Å². The van der Waals surface area contributed by atoms with E-state index in [-0.39, 0.29) is 18.3 Å². The first-order valence-electron chi connectivity index (χ1n) is 8.23. The van der Waals surface area contributed by atoms with E-state index >= 15 is 0 Å². The average molecular weight is 333 g/mol. The van der Waals surface area contributed by atoms with E-state index in [1.165, 1.54) is 0 Å². The smallest absolute Gasteiger partial charge is 0.312 e. The van der Waals surface area contributed by atoms with Crippen molar-refractivity contribution >= 4 is 18.0 Å². The summed E-state index contributed by atoms with van der Waals surface area (Å²) in [5.74, 6) is 0.393. The Morgan fingerprint density at radius 2 is 2.21 bits per heavy atom. The van der Waals surface area contributed by atoms with Gasteiger partial charge in [0.2, 0.25) is 0 Å². The molecule has 1 unspecified atom stereocenters. The number of hydrogen-bond acceptors (Lipinski definition) is 4. The highest BCUT2D eigenvalue weighted by molar-refractivity contribution is 5.85. The molecule has 0 aromatic heterocycles. The second-order valence-electron chi connectivity index (χ2n) is 5.61. The zero-order valence-electron chi connectivity index (χ0n) is 14.2. The lowest BCUT2D eigenvalue weighted by Crippen LogP contribution is -3.19. The van der Waals surface area contributed by atoms with E-state index in [9.17, 15) is 9.59 Å². The van der Waals surface area contributed by atoms with Gasteiger partial charge in [0.25, 0.3) is 5.91 Å². The van der Waals surface area contributed by atoms with Crippen molar-refractivity contribution in [2.45, 2.75) is 19.4 Å². The second-order valence-corrected chi connectivity index (χ2v) is 5.61. The van der Waals surface area contributed by atoms with Crippen molar-refractivity contribution in [3.8, 4) is 5.75 Å². The van der Waals surface area contributed by atoms with Gasteiger partial charge < -0.3 is 19.7 Å². The minimum atomic E-state index is -0.403. The van der Waals surface area contributed by atoms with Crippen molar-refractivity contribution in [3.63, 3.8) is 0 Å². The van der Waals surface area contributed by atoms with Gasteiger partial charge in [0.15, 0.2) is 6.04 Å². The number of nitrogens with one attached hydrogen (secondary N) is 2. The van der Waals surface area contributed by atoms with E-state index in [4.69, 9.17) is 9.47 Å². The third kappa shape index (κ3) is 4.83. The Hall–Kier alpha value is -2.34. The van der Waals surface area contributed by atoms with Gasteiger partial charge in [-0.2, -0.15) is 0 Å². The number of hydrogen-bond donors (Lipinski definition) is 2. The molecule has 1 aliphatic heterocycles. The van der Waals surface area contributed by atoms with Gasteiger partial charge in [0.1, 0.15) is 12.2 Å². The van der Waals surface area contributed by atoms with Crippen LogP contribution in [0.5, 0.6) is 5.75 Å². The highest BCUT2D eigenvalue weighted by Gasteiger charge is 2.35. The number of para-hydroxylation sites is 1. The monoisotopic (exact) mass is 333 g/mol. The third-order valence-corrected chi connectivity index (χ3v) is 4.05. The normalized spacial score (nSPS) is 20.7. The van der Waals surface area contributed by atoms with Gasteiger partial charge in [-0.25, -0.2) is 0 Å². The molecule has 1 amide bonds. The van der Waals surface area contributed by atoms with Gasteiger partial charge in [-0.1, -0.05) is 18.2 Å². The van der Waals surface area contributed by atoms with E-state index in [1.807, 2.05) is 36.4 Å². The maximum absolute atomic E-state index is 12.1. The topological polar surface area (TPSA) is 69.1 Å². The quantitative estimate of drug-likeness (QED) is 0.692. The lowest BCUT2D eigenvalue weighted by molar-refractivity contribution is -0.911. The molecule has 0 spiro atoms. The Morgan fingerprint density at radius 3 is 2.96 bits per heavy atom. The molecule has 0 saturated carbocycles. The van der Waals surface area contributed by atoms with Gasteiger partial charge in [0.05, 0.1) is 33.4 Å². The SMILES string of the molecule is CCOC(=O)C[C@H]1C(=O)NCC[NH+]1C/C=C\c1ccccc1OC. The number of ether oxygens (including phenoxy) is 2.